The maximum absolute atomic E-state index is 10.9. The summed E-state index contributed by atoms with van der Waals surface area (Å²) < 4.78 is 10.4. The second kappa shape index (κ2) is 7.11. The molecule has 1 saturated heterocycles. The lowest BCUT2D eigenvalue weighted by Gasteiger charge is -2.14. The molecular weight excluding hydrogens is 296 g/mol. The van der Waals surface area contributed by atoms with E-state index >= 15 is 0 Å². The standard InChI is InChI=1S/C15H19ClO5/c16-11-5-7-12(8-6-11)20-9-3-1-2-4-13(17)15(10-21-15)14(18)19/h5-8,13,17H,1-4,9-10H2,(H,18,19). The number of carboxylic acid groups (broad SMARTS) is 1. The molecule has 2 N–H and O–H groups in total. The summed E-state index contributed by atoms with van der Waals surface area (Å²) in [4.78, 5) is 10.9. The van der Waals surface area contributed by atoms with E-state index in [1.807, 2.05) is 12.1 Å². The Morgan fingerprint density at radius 2 is 2.00 bits per heavy atom. The third-order valence-electron chi connectivity index (χ3n) is 3.56. The highest BCUT2D eigenvalue weighted by molar-refractivity contribution is 6.30. The van der Waals surface area contributed by atoms with Crippen molar-refractivity contribution in [2.75, 3.05) is 13.2 Å². The van der Waals surface area contributed by atoms with E-state index in [-0.39, 0.29) is 6.61 Å². The summed E-state index contributed by atoms with van der Waals surface area (Å²) in [6, 6.07) is 7.17. The van der Waals surface area contributed by atoms with Crippen LogP contribution in [0.3, 0.4) is 0 Å². The van der Waals surface area contributed by atoms with Crippen molar-refractivity contribution in [1.82, 2.24) is 0 Å². The number of carboxylic acids is 1. The van der Waals surface area contributed by atoms with Crippen LogP contribution in [0.25, 0.3) is 0 Å². The molecule has 116 valence electrons. The van der Waals surface area contributed by atoms with Gasteiger partial charge in [0.1, 0.15) is 5.75 Å². The van der Waals surface area contributed by atoms with E-state index in [0.29, 0.717) is 18.1 Å². The summed E-state index contributed by atoms with van der Waals surface area (Å²) in [5.74, 6) is -0.309. The highest BCUT2D eigenvalue weighted by Crippen LogP contribution is 2.33. The van der Waals surface area contributed by atoms with Crippen LogP contribution in [-0.4, -0.2) is 41.1 Å². The average molecular weight is 315 g/mol. The number of aliphatic carboxylic acids is 1. The fourth-order valence-electron chi connectivity index (χ4n) is 2.11. The molecule has 1 aromatic rings. The van der Waals surface area contributed by atoms with E-state index in [1.54, 1.807) is 12.1 Å². The number of aliphatic hydroxyl groups is 1. The maximum atomic E-state index is 10.9. The molecule has 0 spiro atoms. The molecule has 0 aromatic heterocycles. The summed E-state index contributed by atoms with van der Waals surface area (Å²) in [5, 5.41) is 19.4. The van der Waals surface area contributed by atoms with Gasteiger partial charge in [0.25, 0.3) is 0 Å². The Bertz CT molecular complexity index is 469. The van der Waals surface area contributed by atoms with Gasteiger partial charge in [-0.15, -0.1) is 0 Å². The van der Waals surface area contributed by atoms with Crippen molar-refractivity contribution in [3.05, 3.63) is 29.3 Å². The van der Waals surface area contributed by atoms with E-state index < -0.39 is 17.7 Å². The first-order valence-electron chi connectivity index (χ1n) is 6.98. The van der Waals surface area contributed by atoms with Crippen molar-refractivity contribution < 1.29 is 24.5 Å². The molecule has 1 fully saturated rings. The Balaban J connectivity index is 1.56. The summed E-state index contributed by atoms with van der Waals surface area (Å²) in [7, 11) is 0. The molecule has 21 heavy (non-hydrogen) atoms. The molecule has 2 atom stereocenters. The van der Waals surface area contributed by atoms with Gasteiger partial charge in [-0.2, -0.15) is 0 Å². The first-order chi connectivity index (χ1) is 10.0. The summed E-state index contributed by atoms with van der Waals surface area (Å²) in [6.45, 7) is 0.682. The van der Waals surface area contributed by atoms with Gasteiger partial charge in [-0.1, -0.05) is 18.0 Å². The van der Waals surface area contributed by atoms with E-state index in [4.69, 9.17) is 26.2 Å². The van der Waals surface area contributed by atoms with Crippen LogP contribution in [0.4, 0.5) is 0 Å². The summed E-state index contributed by atoms with van der Waals surface area (Å²) in [6.07, 6.45) is 1.93. The van der Waals surface area contributed by atoms with E-state index in [9.17, 15) is 9.90 Å². The van der Waals surface area contributed by atoms with Crippen LogP contribution < -0.4 is 4.74 Å². The van der Waals surface area contributed by atoms with Gasteiger partial charge in [0.2, 0.25) is 5.60 Å². The third-order valence-corrected chi connectivity index (χ3v) is 3.81. The van der Waals surface area contributed by atoms with Crippen LogP contribution in [0.2, 0.25) is 5.02 Å². The quantitative estimate of drug-likeness (QED) is 0.541. The molecule has 1 aromatic carbocycles. The Morgan fingerprint density at radius 3 is 2.57 bits per heavy atom. The number of hydrogen-bond donors (Lipinski definition) is 2. The second-order valence-electron chi connectivity index (χ2n) is 5.15. The normalized spacial score (nSPS) is 21.8. The predicted octanol–water partition coefficient (Wildman–Crippen LogP) is 2.49. The van der Waals surface area contributed by atoms with Crippen LogP contribution in [-0.2, 0) is 9.53 Å². The Hall–Kier alpha value is -1.30. The zero-order valence-electron chi connectivity index (χ0n) is 11.6. The van der Waals surface area contributed by atoms with Gasteiger partial charge in [0.15, 0.2) is 0 Å². The molecule has 0 saturated carbocycles. The molecule has 0 aliphatic carbocycles. The zero-order valence-corrected chi connectivity index (χ0v) is 12.4. The molecule has 0 amide bonds. The number of halogens is 1. The molecule has 5 nitrogen and oxygen atoms in total. The van der Waals surface area contributed by atoms with Gasteiger partial charge in [-0.3, -0.25) is 0 Å². The van der Waals surface area contributed by atoms with Crippen LogP contribution in [0.5, 0.6) is 5.75 Å². The number of rotatable bonds is 9. The SMILES string of the molecule is O=C(O)C1(C(O)CCCCCOc2ccc(Cl)cc2)CO1. The maximum Gasteiger partial charge on any atom is 0.341 e. The Labute approximate surface area is 128 Å². The average Bonchev–Trinajstić information content (AvgIpc) is 3.26. The van der Waals surface area contributed by atoms with Crippen LogP contribution in [0, 0.1) is 0 Å². The first-order valence-corrected chi connectivity index (χ1v) is 7.36. The topological polar surface area (TPSA) is 79.3 Å². The number of aliphatic hydroxyl groups excluding tert-OH is 1. The molecular formula is C15H19ClO5. The fraction of sp³-hybridized carbons (Fsp3) is 0.533. The first kappa shape index (κ1) is 16.1. The molecule has 1 aliphatic rings. The number of unbranched alkanes of at least 4 members (excludes halogenated alkanes) is 2. The Kier molecular flexibility index (Phi) is 5.45. The van der Waals surface area contributed by atoms with Gasteiger partial charge in [-0.05, 0) is 43.5 Å². The van der Waals surface area contributed by atoms with E-state index in [1.165, 1.54) is 0 Å². The van der Waals surface area contributed by atoms with Gasteiger partial charge in [-0.25, -0.2) is 4.79 Å². The number of ether oxygens (including phenoxy) is 2. The van der Waals surface area contributed by atoms with E-state index in [0.717, 1.165) is 25.0 Å². The minimum atomic E-state index is -1.35. The van der Waals surface area contributed by atoms with Crippen LogP contribution in [0.15, 0.2) is 24.3 Å². The molecule has 1 heterocycles. The minimum Gasteiger partial charge on any atom is -0.494 e. The largest absolute Gasteiger partial charge is 0.494 e. The lowest BCUT2D eigenvalue weighted by molar-refractivity contribution is -0.148. The molecule has 6 heteroatoms. The van der Waals surface area contributed by atoms with Crippen molar-refractivity contribution in [1.29, 1.82) is 0 Å². The molecule has 2 unspecified atom stereocenters. The van der Waals surface area contributed by atoms with Crippen molar-refractivity contribution in [3.8, 4) is 5.75 Å². The molecule has 0 radical (unpaired) electrons. The van der Waals surface area contributed by atoms with Crippen molar-refractivity contribution >= 4 is 17.6 Å². The highest BCUT2D eigenvalue weighted by atomic mass is 35.5. The lowest BCUT2D eigenvalue weighted by Crippen LogP contribution is -2.37. The van der Waals surface area contributed by atoms with Crippen molar-refractivity contribution in [2.24, 2.45) is 0 Å². The number of benzene rings is 1. The highest BCUT2D eigenvalue weighted by Gasteiger charge is 2.58. The molecule has 0 bridgehead atoms. The van der Waals surface area contributed by atoms with Gasteiger partial charge in [0, 0.05) is 5.02 Å². The molecule has 2 rings (SSSR count). The van der Waals surface area contributed by atoms with Crippen molar-refractivity contribution in [2.45, 2.75) is 37.4 Å². The lowest BCUT2D eigenvalue weighted by atomic mass is 9.98. The Morgan fingerprint density at radius 1 is 1.33 bits per heavy atom. The van der Waals surface area contributed by atoms with E-state index in [2.05, 4.69) is 0 Å². The summed E-state index contributed by atoms with van der Waals surface area (Å²) >= 11 is 5.78. The minimum absolute atomic E-state index is 0.100. The van der Waals surface area contributed by atoms with Gasteiger partial charge in [0.05, 0.1) is 19.3 Å². The van der Waals surface area contributed by atoms with Crippen LogP contribution >= 0.6 is 11.6 Å². The second-order valence-corrected chi connectivity index (χ2v) is 5.59. The van der Waals surface area contributed by atoms with Crippen LogP contribution in [0.1, 0.15) is 25.7 Å². The zero-order chi connectivity index (χ0) is 15.3. The third kappa shape index (κ3) is 4.33. The van der Waals surface area contributed by atoms with Gasteiger partial charge >= 0.3 is 5.97 Å². The van der Waals surface area contributed by atoms with Gasteiger partial charge < -0.3 is 19.7 Å². The predicted molar refractivity (Wildman–Crippen MR) is 77.7 cm³/mol. The smallest absolute Gasteiger partial charge is 0.341 e. The number of carbonyl (C=O) groups is 1. The molecule has 1 aliphatic heterocycles. The van der Waals surface area contributed by atoms with Crippen molar-refractivity contribution in [3.63, 3.8) is 0 Å². The number of hydrogen-bond acceptors (Lipinski definition) is 4. The number of epoxide rings is 1. The monoisotopic (exact) mass is 314 g/mol. The fourth-order valence-corrected chi connectivity index (χ4v) is 2.23. The summed E-state index contributed by atoms with van der Waals surface area (Å²) in [5.41, 5.74) is -1.35.